The van der Waals surface area contributed by atoms with Gasteiger partial charge in [-0.15, -0.1) is 4.91 Å². The molecule has 0 unspecified atom stereocenters. The Kier molecular flexibility index (Phi) is 28.0. The molecular formula is C62H80Cl3F5N26O11. The molecule has 107 heavy (non-hydrogen) atoms. The van der Waals surface area contributed by atoms with E-state index in [2.05, 4.69) is 95.0 Å². The molecule has 20 atom stereocenters. The van der Waals surface area contributed by atoms with Gasteiger partial charge in [0, 0.05) is 35.2 Å². The molecule has 0 amide bonds. The lowest BCUT2D eigenvalue weighted by Gasteiger charge is -2.15. The van der Waals surface area contributed by atoms with Crippen LogP contribution in [0.1, 0.15) is 113 Å². The zero-order valence-electron chi connectivity index (χ0n) is 59.1. The Morgan fingerprint density at radius 2 is 0.757 bits per heavy atom. The van der Waals surface area contributed by atoms with Crippen LogP contribution in [0.5, 0.6) is 0 Å². The molecule has 0 saturated carbocycles. The van der Waals surface area contributed by atoms with Crippen molar-refractivity contribution in [1.82, 2.24) is 97.6 Å². The standard InChI is InChI=1S/C12H14ClFN4O.C12H16FN5O.C11H11ClFN7O.C11H12ClFN4O2.C10H12FN5O3.C4H9NO2.C2H6O/c1-3-7-6(2)8(14)12(19-7)18-5-17-9-10(13)15-4-16-11(9)18;1-3-7-6(2)8(13)12(19-7)18-5-17-9-10(14)15-4-16-11(9)18;1-5-6(2-18-19-14)21-11(7(5)13)20-4-17-8-9(12)15-3-16-10(8)20;1-5-6(2-18)19-11(7(5)13)17-4-16-8-9(12)14-3-15-10(8)17;11-5-7(18)4(1-17)19-10(5)16-3-15-6-8(12)13-2-14-9(6)16;1-4(2,3)7-5-6;1-2-3/h4-8,12H,3H2,1-2H3;4-8,12H,3H2,1-2H3,(H2,14,15,16);3-7,11H,2H2,1H3;3-7,11,18H,2H2,1H3;2-5,7,10,17-18H,1H2,(H2,12,13,14);1-3H3;3H,2H2,1H3/t2*6-,7-,8-,12-;2*5-,6-,7-,11-;4-,5-,7-,10-;;/m11111../s1. The predicted molar refractivity (Wildman–Crippen MR) is 375 cm³/mol. The summed E-state index contributed by atoms with van der Waals surface area (Å²) in [7, 11) is 0. The number of alkyl halides is 5. The van der Waals surface area contributed by atoms with E-state index in [1.807, 2.05) is 27.7 Å². The van der Waals surface area contributed by atoms with Gasteiger partial charge in [-0.2, -0.15) is 0 Å². The molecule has 5 saturated heterocycles. The molecule has 45 heteroatoms. The number of rotatable bonds is 12. The number of nitrogen functional groups attached to an aromatic ring is 2. The van der Waals surface area contributed by atoms with E-state index in [9.17, 15) is 32.0 Å². The summed E-state index contributed by atoms with van der Waals surface area (Å²) in [6.45, 7) is 17.7. The van der Waals surface area contributed by atoms with Crippen LogP contribution >= 0.6 is 34.8 Å². The lowest BCUT2D eigenvalue weighted by atomic mass is 10.00. The van der Waals surface area contributed by atoms with E-state index in [-0.39, 0.29) is 70.9 Å². The smallest absolute Gasteiger partial charge is 0.173 e. The van der Waals surface area contributed by atoms with Gasteiger partial charge in [0.1, 0.15) is 77.0 Å². The Labute approximate surface area is 620 Å². The quantitative estimate of drug-likeness (QED) is 0.0126. The largest absolute Gasteiger partial charge is 0.397 e. The average molecular weight is 1570 g/mol. The zero-order chi connectivity index (χ0) is 77.9. The summed E-state index contributed by atoms with van der Waals surface area (Å²) in [5.41, 5.74) is 23.5. The minimum absolute atomic E-state index is 0.0803. The van der Waals surface area contributed by atoms with Gasteiger partial charge in [-0.05, 0) is 46.1 Å². The molecule has 15 rings (SSSR count). The lowest BCUT2D eigenvalue weighted by Crippen LogP contribution is -2.30. The molecule has 8 N–H and O–H groups in total. The lowest BCUT2D eigenvalue weighted by molar-refractivity contribution is -0.0459. The Balaban J connectivity index is 0.000000150. The van der Waals surface area contributed by atoms with Crippen molar-refractivity contribution in [2.75, 3.05) is 37.8 Å². The third kappa shape index (κ3) is 17.9. The highest BCUT2D eigenvalue weighted by Gasteiger charge is 2.48. The van der Waals surface area contributed by atoms with Crippen molar-refractivity contribution in [2.45, 2.75) is 186 Å². The van der Waals surface area contributed by atoms with Gasteiger partial charge < -0.3 is 60.4 Å². The van der Waals surface area contributed by atoms with Gasteiger partial charge in [0.05, 0.1) is 75.8 Å². The van der Waals surface area contributed by atoms with E-state index in [1.165, 1.54) is 77.0 Å². The molecule has 0 aromatic carbocycles. The van der Waals surface area contributed by atoms with Gasteiger partial charge in [0.15, 0.2) is 123 Å². The number of halogens is 8. The van der Waals surface area contributed by atoms with Crippen molar-refractivity contribution >= 4 is 102 Å². The van der Waals surface area contributed by atoms with Crippen LogP contribution < -0.4 is 11.5 Å². The highest BCUT2D eigenvalue weighted by molar-refractivity contribution is 6.34. The van der Waals surface area contributed by atoms with Crippen molar-refractivity contribution < 1.29 is 70.9 Å². The monoisotopic (exact) mass is 1560 g/mol. The van der Waals surface area contributed by atoms with Crippen LogP contribution in [0.3, 0.4) is 0 Å². The summed E-state index contributed by atoms with van der Waals surface area (Å²) >= 11 is 17.8. The second kappa shape index (κ2) is 36.4. The third-order valence-corrected chi connectivity index (χ3v) is 18.7. The van der Waals surface area contributed by atoms with Crippen molar-refractivity contribution in [3.8, 4) is 0 Å². The molecular weight excluding hydrogens is 1490 g/mol. The first kappa shape index (κ1) is 82.3. The summed E-state index contributed by atoms with van der Waals surface area (Å²) in [5.74, 6) is -0.634. The highest BCUT2D eigenvalue weighted by atomic mass is 35.5. The predicted octanol–water partition coefficient (Wildman–Crippen LogP) is 8.94. The normalized spacial score (nSPS) is 28.6. The maximum absolute atomic E-state index is 14.5. The maximum Gasteiger partial charge on any atom is 0.173 e. The van der Waals surface area contributed by atoms with Crippen LogP contribution in [0.25, 0.3) is 66.3 Å². The van der Waals surface area contributed by atoms with Crippen molar-refractivity contribution in [1.29, 1.82) is 0 Å². The molecule has 37 nitrogen and oxygen atoms in total. The average Bonchev–Trinajstić information content (AvgIpc) is 1.66. The van der Waals surface area contributed by atoms with Crippen molar-refractivity contribution in [3.63, 3.8) is 0 Å². The number of aliphatic hydroxyl groups is 4. The second-order valence-corrected chi connectivity index (χ2v) is 26.9. The van der Waals surface area contributed by atoms with Gasteiger partial charge in [0.25, 0.3) is 0 Å². The van der Waals surface area contributed by atoms with Crippen LogP contribution in [-0.2, 0) is 28.5 Å². The molecule has 0 radical (unpaired) electrons. The molecule has 5 aliphatic rings. The van der Waals surface area contributed by atoms with E-state index in [4.69, 9.17) is 90.8 Å². The number of ether oxygens (including phenoxy) is 5. The van der Waals surface area contributed by atoms with Crippen LogP contribution in [-0.4, -0.2) is 217 Å². The number of aromatic nitrogens is 20. The molecule has 5 fully saturated rings. The molecule has 10 aromatic rings. The maximum atomic E-state index is 14.5. The summed E-state index contributed by atoms with van der Waals surface area (Å²) in [6, 6.07) is 0. The van der Waals surface area contributed by atoms with Gasteiger partial charge in [-0.3, -0.25) is 22.8 Å². The minimum Gasteiger partial charge on any atom is -0.397 e. The van der Waals surface area contributed by atoms with Crippen LogP contribution in [0.4, 0.5) is 33.6 Å². The van der Waals surface area contributed by atoms with Gasteiger partial charge in [-0.25, -0.2) is 96.7 Å². The van der Waals surface area contributed by atoms with E-state index >= 15 is 0 Å². The first-order chi connectivity index (χ1) is 51.1. The topological polar surface area (TPSA) is 485 Å². The van der Waals surface area contributed by atoms with Gasteiger partial charge >= 0.3 is 0 Å². The number of azide groups is 1. The van der Waals surface area contributed by atoms with E-state index in [0.717, 1.165) is 12.8 Å². The molecule has 0 spiro atoms. The number of aliphatic hydroxyl groups excluding tert-OH is 4. The van der Waals surface area contributed by atoms with Crippen molar-refractivity contribution in [2.24, 2.45) is 34.1 Å². The number of hydrogen-bond acceptors (Lipinski definition) is 30. The molecule has 10 aromatic heterocycles. The summed E-state index contributed by atoms with van der Waals surface area (Å²) in [4.78, 5) is 76.2. The van der Waals surface area contributed by atoms with E-state index in [0.29, 0.717) is 55.8 Å². The second-order valence-electron chi connectivity index (χ2n) is 25.8. The van der Waals surface area contributed by atoms with Gasteiger partial charge in [-0.1, -0.05) is 81.5 Å². The Morgan fingerprint density at radius 1 is 0.477 bits per heavy atom. The fourth-order valence-electron chi connectivity index (χ4n) is 12.1. The fourth-order valence-corrected chi connectivity index (χ4v) is 12.6. The van der Waals surface area contributed by atoms with Gasteiger partial charge in [0.2, 0.25) is 0 Å². The van der Waals surface area contributed by atoms with Crippen LogP contribution in [0.15, 0.2) is 73.7 Å². The first-order valence-corrected chi connectivity index (χ1v) is 34.6. The number of imidazole rings is 5. The Hall–Kier alpha value is -8.78. The number of anilines is 2. The molecule has 0 aliphatic carbocycles. The molecule has 0 bridgehead atoms. The van der Waals surface area contributed by atoms with Crippen LogP contribution in [0, 0.1) is 28.6 Å². The molecule has 5 aliphatic heterocycles. The Morgan fingerprint density at radius 3 is 1.04 bits per heavy atom. The summed E-state index contributed by atoms with van der Waals surface area (Å²) in [6.07, 6.45) is 1.05. The molecule has 580 valence electrons. The highest BCUT2D eigenvalue weighted by Crippen LogP contribution is 2.43. The Bertz CT molecular complexity index is 4200. The van der Waals surface area contributed by atoms with Crippen molar-refractivity contribution in [3.05, 3.63) is 94.1 Å². The third-order valence-electron chi connectivity index (χ3n) is 17.9. The summed E-state index contributed by atoms with van der Waals surface area (Å²) < 4.78 is 107. The number of nitrogens with zero attached hydrogens (tertiary/aromatic N) is 24. The number of hydrogen-bond donors (Lipinski definition) is 6. The zero-order valence-corrected chi connectivity index (χ0v) is 61.4. The summed E-state index contributed by atoms with van der Waals surface area (Å²) in [5, 5.41) is 41.7. The van der Waals surface area contributed by atoms with E-state index in [1.54, 1.807) is 50.7 Å². The first-order valence-electron chi connectivity index (χ1n) is 33.5. The SMILES string of the molecule is CC(C)(C)ON=O.CCO.CC[C@H]1O[C@@H](n2cnc3c(Cl)ncnc32)[C@H](F)[C@@H]1C.CC[C@H]1O[C@@H](n2cnc3c(N)ncnc32)[C@H](F)[C@@H]1C.C[C@H]1[C@@H](F)[C@H](n2cnc3c(Cl)ncnc32)O[C@@H]1CN=[N+]=[N-].C[C@H]1[C@@H](F)[C@H](n2cnc3c(Cl)ncnc32)O[C@@H]1CO.Nc1ncnc2c1ncn2[C@@H]1O[C@H](CO)[C@@H](O)[C@H]1F. The minimum atomic E-state index is -1.69. The molecule has 15 heterocycles. The van der Waals surface area contributed by atoms with E-state index < -0.39 is 110 Å². The number of nitrogens with two attached hydrogens (primary N) is 2. The van der Waals surface area contributed by atoms with Crippen LogP contribution in [0.2, 0.25) is 15.5 Å². The number of fused-ring (bicyclic) bond motifs is 5. The fraction of sp³-hybridized carbons (Fsp3) is 0.597.